The Labute approximate surface area is 166 Å². The molecule has 2 amide bonds. The second-order valence-electron chi connectivity index (χ2n) is 8.68. The van der Waals surface area contributed by atoms with Crippen molar-refractivity contribution in [3.8, 4) is 0 Å². The molecule has 28 heavy (non-hydrogen) atoms. The van der Waals surface area contributed by atoms with Gasteiger partial charge in [0.1, 0.15) is 0 Å². The number of nitrogens with zero attached hydrogens (tertiary/aromatic N) is 3. The summed E-state index contributed by atoms with van der Waals surface area (Å²) in [6, 6.07) is 0. The van der Waals surface area contributed by atoms with Crippen molar-refractivity contribution in [1.82, 2.24) is 19.8 Å². The predicted octanol–water partition coefficient (Wildman–Crippen LogP) is 1.98. The minimum Gasteiger partial charge on any atom is -0.375 e. The molecule has 1 atom stereocenters. The molecule has 3 heterocycles. The summed E-state index contributed by atoms with van der Waals surface area (Å²) in [4.78, 5) is 30.3. The molecule has 1 saturated carbocycles. The number of ether oxygens (including phenoxy) is 1. The van der Waals surface area contributed by atoms with Gasteiger partial charge in [0.05, 0.1) is 11.9 Å². The highest BCUT2D eigenvalue weighted by Gasteiger charge is 2.41. The van der Waals surface area contributed by atoms with Crippen LogP contribution in [0.2, 0.25) is 0 Å². The normalized spacial score (nSPS) is 24.3. The van der Waals surface area contributed by atoms with Crippen LogP contribution < -0.4 is 5.32 Å². The van der Waals surface area contributed by atoms with Crippen LogP contribution >= 0.6 is 0 Å². The number of nitrogens with one attached hydrogen (secondary N) is 1. The Morgan fingerprint density at radius 2 is 2.04 bits per heavy atom. The summed E-state index contributed by atoms with van der Waals surface area (Å²) in [5.74, 6) is 1.36. The van der Waals surface area contributed by atoms with E-state index in [1.807, 2.05) is 15.7 Å². The van der Waals surface area contributed by atoms with Gasteiger partial charge in [0, 0.05) is 57.5 Å². The lowest BCUT2D eigenvalue weighted by Gasteiger charge is -2.46. The van der Waals surface area contributed by atoms with Crippen molar-refractivity contribution in [3.05, 3.63) is 18.7 Å². The highest BCUT2D eigenvalue weighted by molar-refractivity contribution is 5.80. The Kier molecular flexibility index (Phi) is 5.99. The summed E-state index contributed by atoms with van der Waals surface area (Å²) >= 11 is 0. The highest BCUT2D eigenvalue weighted by Crippen LogP contribution is 2.38. The first-order valence-electron chi connectivity index (χ1n) is 10.8. The molecule has 7 nitrogen and oxygen atoms in total. The van der Waals surface area contributed by atoms with Gasteiger partial charge in [-0.2, -0.15) is 0 Å². The molecule has 2 aliphatic heterocycles. The average molecular weight is 389 g/mol. The molecule has 7 heteroatoms. The first-order chi connectivity index (χ1) is 13.6. The Morgan fingerprint density at radius 1 is 1.21 bits per heavy atom. The number of carbonyl (C=O) groups excluding carboxylic acids is 2. The van der Waals surface area contributed by atoms with Crippen molar-refractivity contribution >= 4 is 11.8 Å². The van der Waals surface area contributed by atoms with Gasteiger partial charge in [-0.05, 0) is 50.9 Å². The number of carbonyl (C=O) groups is 2. The molecule has 1 N–H and O–H groups in total. The van der Waals surface area contributed by atoms with Crippen LogP contribution in [0.5, 0.6) is 0 Å². The van der Waals surface area contributed by atoms with E-state index in [2.05, 4.69) is 10.3 Å². The molecule has 3 aliphatic rings. The number of likely N-dealkylation sites (tertiary alicyclic amines) is 1. The van der Waals surface area contributed by atoms with Crippen LogP contribution in [0.25, 0.3) is 0 Å². The van der Waals surface area contributed by atoms with E-state index in [-0.39, 0.29) is 23.3 Å². The molecule has 1 unspecified atom stereocenters. The minimum atomic E-state index is -0.0649. The summed E-state index contributed by atoms with van der Waals surface area (Å²) in [6.07, 6.45) is 13.0. The van der Waals surface area contributed by atoms with Gasteiger partial charge >= 0.3 is 0 Å². The number of amides is 2. The largest absolute Gasteiger partial charge is 0.375 e. The Morgan fingerprint density at radius 3 is 2.75 bits per heavy atom. The quantitative estimate of drug-likeness (QED) is 0.775. The molecule has 0 bridgehead atoms. The van der Waals surface area contributed by atoms with Gasteiger partial charge in [-0.25, -0.2) is 4.98 Å². The summed E-state index contributed by atoms with van der Waals surface area (Å²) < 4.78 is 8.17. The summed E-state index contributed by atoms with van der Waals surface area (Å²) in [5.41, 5.74) is -0.0649. The Hall–Kier alpha value is -1.89. The lowest BCUT2D eigenvalue weighted by Crippen LogP contribution is -2.51. The van der Waals surface area contributed by atoms with E-state index in [0.717, 1.165) is 71.2 Å². The zero-order valence-corrected chi connectivity index (χ0v) is 16.6. The number of hydrogen-bond donors (Lipinski definition) is 1. The maximum Gasteiger partial charge on any atom is 0.224 e. The maximum absolute atomic E-state index is 12.5. The lowest BCUT2D eigenvalue weighted by molar-refractivity contribution is -0.147. The predicted molar refractivity (Wildman–Crippen MR) is 104 cm³/mol. The van der Waals surface area contributed by atoms with Crippen molar-refractivity contribution in [3.63, 3.8) is 0 Å². The topological polar surface area (TPSA) is 76.5 Å². The number of rotatable bonds is 7. The number of aryl methyl sites for hydroxylation is 1. The fraction of sp³-hybridized carbons (Fsp3) is 0.762. The van der Waals surface area contributed by atoms with Crippen molar-refractivity contribution < 1.29 is 14.3 Å². The molecular weight excluding hydrogens is 356 g/mol. The van der Waals surface area contributed by atoms with E-state index in [1.54, 1.807) is 12.5 Å². The van der Waals surface area contributed by atoms with Crippen LogP contribution in [0.4, 0.5) is 0 Å². The van der Waals surface area contributed by atoms with Crippen LogP contribution in [0.15, 0.2) is 18.7 Å². The third-order valence-corrected chi connectivity index (χ3v) is 6.57. The van der Waals surface area contributed by atoms with Gasteiger partial charge in [-0.3, -0.25) is 9.59 Å². The number of hydrogen-bond acceptors (Lipinski definition) is 4. The summed E-state index contributed by atoms with van der Waals surface area (Å²) in [6.45, 7) is 3.85. The van der Waals surface area contributed by atoms with Gasteiger partial charge in [0.25, 0.3) is 0 Å². The van der Waals surface area contributed by atoms with Gasteiger partial charge in [-0.1, -0.05) is 0 Å². The summed E-state index contributed by atoms with van der Waals surface area (Å²) in [5, 5.41) is 3.09. The molecule has 0 radical (unpaired) electrons. The average Bonchev–Trinajstić information content (AvgIpc) is 3.43. The smallest absolute Gasteiger partial charge is 0.224 e. The molecule has 0 aromatic carbocycles. The second-order valence-corrected chi connectivity index (χ2v) is 8.68. The zero-order valence-electron chi connectivity index (χ0n) is 16.6. The molecule has 4 rings (SSSR count). The number of piperidine rings is 1. The third-order valence-electron chi connectivity index (χ3n) is 6.57. The van der Waals surface area contributed by atoms with Crippen LogP contribution in [0, 0.1) is 11.8 Å². The molecule has 3 fully saturated rings. The van der Waals surface area contributed by atoms with Crippen molar-refractivity contribution in [1.29, 1.82) is 0 Å². The molecule has 1 aromatic heterocycles. The Bertz CT molecular complexity index is 663. The third kappa shape index (κ3) is 4.93. The highest BCUT2D eigenvalue weighted by atomic mass is 16.5. The van der Waals surface area contributed by atoms with Crippen LogP contribution in [0.3, 0.4) is 0 Å². The molecule has 154 valence electrons. The first-order valence-corrected chi connectivity index (χ1v) is 10.8. The van der Waals surface area contributed by atoms with Crippen LogP contribution in [-0.4, -0.2) is 58.1 Å². The van der Waals surface area contributed by atoms with E-state index >= 15 is 0 Å². The van der Waals surface area contributed by atoms with E-state index < -0.39 is 0 Å². The molecule has 1 aromatic rings. The van der Waals surface area contributed by atoms with Gasteiger partial charge in [0.15, 0.2) is 0 Å². The van der Waals surface area contributed by atoms with E-state index in [1.165, 1.54) is 0 Å². The van der Waals surface area contributed by atoms with Gasteiger partial charge in [0.2, 0.25) is 11.8 Å². The summed E-state index contributed by atoms with van der Waals surface area (Å²) in [7, 11) is 0. The maximum atomic E-state index is 12.5. The van der Waals surface area contributed by atoms with E-state index in [9.17, 15) is 9.59 Å². The van der Waals surface area contributed by atoms with Crippen LogP contribution in [-0.2, 0) is 20.9 Å². The van der Waals surface area contributed by atoms with Gasteiger partial charge < -0.3 is 19.5 Å². The van der Waals surface area contributed by atoms with Crippen molar-refractivity contribution in [2.24, 2.45) is 11.8 Å². The fourth-order valence-electron chi connectivity index (χ4n) is 4.58. The minimum absolute atomic E-state index is 0.0649. The van der Waals surface area contributed by atoms with Crippen molar-refractivity contribution in [2.75, 3.05) is 26.2 Å². The molecule has 2 saturated heterocycles. The molecule has 1 spiro atoms. The van der Waals surface area contributed by atoms with Gasteiger partial charge in [-0.15, -0.1) is 0 Å². The molecule has 1 aliphatic carbocycles. The first kappa shape index (κ1) is 19.4. The monoisotopic (exact) mass is 388 g/mol. The molecular formula is C21H32N4O3. The Balaban J connectivity index is 1.19. The van der Waals surface area contributed by atoms with Crippen LogP contribution in [0.1, 0.15) is 51.4 Å². The van der Waals surface area contributed by atoms with E-state index in [4.69, 9.17) is 4.74 Å². The van der Waals surface area contributed by atoms with E-state index in [0.29, 0.717) is 18.9 Å². The lowest BCUT2D eigenvalue weighted by atomic mass is 9.78. The number of aromatic nitrogens is 2. The number of imidazole rings is 1. The second kappa shape index (κ2) is 8.64. The van der Waals surface area contributed by atoms with Crippen molar-refractivity contribution in [2.45, 2.75) is 63.5 Å². The standard InChI is InChI=1S/C21H32N4O3/c26-19(4-10-24-13-9-22-16-24)25-11-6-21(7-12-25)15-17(5-14-28-21)3-8-23-20(27)18-1-2-18/h9,13,16-18H,1-8,10-12,14-15H2,(H,23,27). The zero-order chi connectivity index (χ0) is 19.4. The fourth-order valence-corrected chi connectivity index (χ4v) is 4.58. The SMILES string of the molecule is O=C(NCCC1CCOC2(CCN(C(=O)CCn3ccnc3)CC2)C1)C1CC1.